The Morgan fingerprint density at radius 2 is 1.97 bits per heavy atom. The van der Waals surface area contributed by atoms with Crippen molar-refractivity contribution in [2.45, 2.75) is 121 Å². The fourth-order valence-corrected chi connectivity index (χ4v) is 6.94. The van der Waals surface area contributed by atoms with Crippen LogP contribution in [0.1, 0.15) is 108 Å². The number of hydrogen-bond acceptors (Lipinski definition) is 3. The minimum absolute atomic E-state index is 0.270. The summed E-state index contributed by atoms with van der Waals surface area (Å²) in [6.07, 6.45) is 16.5. The molecule has 1 saturated heterocycles. The molecule has 1 aliphatic heterocycles. The van der Waals surface area contributed by atoms with Gasteiger partial charge in [-0.25, -0.2) is 0 Å². The lowest BCUT2D eigenvalue weighted by molar-refractivity contribution is -0.0588. The zero-order valence-corrected chi connectivity index (χ0v) is 20.1. The van der Waals surface area contributed by atoms with Crippen LogP contribution in [0.4, 0.5) is 0 Å². The number of nitrogens with one attached hydrogen (secondary N) is 1. The number of piperidine rings is 1. The van der Waals surface area contributed by atoms with E-state index in [9.17, 15) is 5.11 Å². The largest absolute Gasteiger partial charge is 0.492 e. The minimum Gasteiger partial charge on any atom is -0.492 e. The van der Waals surface area contributed by atoms with Gasteiger partial charge in [0.15, 0.2) is 0 Å². The smallest absolute Gasteiger partial charge is 0.119 e. The van der Waals surface area contributed by atoms with E-state index in [-0.39, 0.29) is 5.41 Å². The van der Waals surface area contributed by atoms with Gasteiger partial charge in [0.1, 0.15) is 12.4 Å². The van der Waals surface area contributed by atoms with Crippen LogP contribution in [0.2, 0.25) is 0 Å². The van der Waals surface area contributed by atoms with Crippen molar-refractivity contribution in [3.8, 4) is 5.75 Å². The highest BCUT2D eigenvalue weighted by Crippen LogP contribution is 2.56. The highest BCUT2D eigenvalue weighted by atomic mass is 16.5. The van der Waals surface area contributed by atoms with E-state index in [1.165, 1.54) is 56.9 Å². The van der Waals surface area contributed by atoms with E-state index in [0.29, 0.717) is 12.0 Å². The van der Waals surface area contributed by atoms with Crippen LogP contribution in [-0.4, -0.2) is 29.9 Å². The lowest BCUT2D eigenvalue weighted by atomic mass is 9.52. The van der Waals surface area contributed by atoms with Crippen LogP contribution in [0.25, 0.3) is 0 Å². The van der Waals surface area contributed by atoms with Gasteiger partial charge in [-0.1, -0.05) is 52.0 Å². The van der Waals surface area contributed by atoms with Gasteiger partial charge >= 0.3 is 0 Å². The molecule has 1 saturated carbocycles. The third-order valence-corrected chi connectivity index (χ3v) is 8.62. The van der Waals surface area contributed by atoms with Crippen molar-refractivity contribution in [1.82, 2.24) is 5.32 Å². The van der Waals surface area contributed by atoms with Gasteiger partial charge in [0.25, 0.3) is 0 Å². The highest BCUT2D eigenvalue weighted by Gasteiger charge is 2.50. The summed E-state index contributed by atoms with van der Waals surface area (Å²) in [6.45, 7) is 6.43. The Balaban J connectivity index is 1.52. The molecule has 3 aliphatic rings. The predicted molar refractivity (Wildman–Crippen MR) is 129 cm³/mol. The fraction of sp³-hybridized carbons (Fsp3) is 0.786. The molecule has 1 aromatic carbocycles. The molecule has 31 heavy (non-hydrogen) atoms. The summed E-state index contributed by atoms with van der Waals surface area (Å²) in [5, 5.41) is 14.8. The zero-order chi connectivity index (χ0) is 21.7. The number of aryl methyl sites for hydroxylation is 1. The Bertz CT molecular complexity index is 713. The first-order valence-electron chi connectivity index (χ1n) is 13.3. The maximum atomic E-state index is 11.3. The molecule has 4 atom stereocenters. The van der Waals surface area contributed by atoms with Crippen LogP contribution < -0.4 is 10.1 Å². The molecular weight excluding hydrogens is 382 g/mol. The van der Waals surface area contributed by atoms with Crippen LogP contribution in [0.3, 0.4) is 0 Å². The molecule has 3 heteroatoms. The second kappa shape index (κ2) is 10.3. The summed E-state index contributed by atoms with van der Waals surface area (Å²) in [5.41, 5.74) is 2.94. The zero-order valence-electron chi connectivity index (χ0n) is 20.1. The number of hydrogen-bond donors (Lipinski definition) is 2. The summed E-state index contributed by atoms with van der Waals surface area (Å²) in [4.78, 5) is 0. The number of aliphatic hydroxyl groups is 1. The molecule has 1 unspecified atom stereocenters. The lowest BCUT2D eigenvalue weighted by Crippen LogP contribution is -2.50. The van der Waals surface area contributed by atoms with E-state index in [0.717, 1.165) is 57.4 Å². The molecule has 0 aromatic heterocycles. The second-order valence-electron chi connectivity index (χ2n) is 10.8. The van der Waals surface area contributed by atoms with Gasteiger partial charge in [0.05, 0.1) is 5.60 Å². The van der Waals surface area contributed by atoms with Gasteiger partial charge in [-0.3, -0.25) is 0 Å². The molecule has 1 heterocycles. The molecule has 2 N–H and O–H groups in total. The van der Waals surface area contributed by atoms with E-state index < -0.39 is 5.60 Å². The van der Waals surface area contributed by atoms with Gasteiger partial charge in [0.2, 0.25) is 0 Å². The normalized spacial score (nSPS) is 32.9. The molecule has 174 valence electrons. The third kappa shape index (κ3) is 5.14. The van der Waals surface area contributed by atoms with Crippen molar-refractivity contribution in [2.75, 3.05) is 13.2 Å². The maximum Gasteiger partial charge on any atom is 0.119 e. The van der Waals surface area contributed by atoms with Crippen molar-refractivity contribution in [3.63, 3.8) is 0 Å². The van der Waals surface area contributed by atoms with E-state index in [1.807, 2.05) is 0 Å². The number of benzene rings is 1. The quantitative estimate of drug-likeness (QED) is 0.454. The number of ether oxygens (including phenoxy) is 1. The molecule has 0 amide bonds. The van der Waals surface area contributed by atoms with Crippen molar-refractivity contribution in [1.29, 1.82) is 0 Å². The monoisotopic (exact) mass is 427 g/mol. The minimum atomic E-state index is -0.429. The lowest BCUT2D eigenvalue weighted by Gasteiger charge is -2.53. The molecular formula is C28H45NO2. The first kappa shape index (κ1) is 23.1. The average Bonchev–Trinajstić information content (AvgIpc) is 2.79. The molecule has 3 nitrogen and oxygen atoms in total. The summed E-state index contributed by atoms with van der Waals surface area (Å²) >= 11 is 0. The molecule has 2 fully saturated rings. The third-order valence-electron chi connectivity index (χ3n) is 8.62. The second-order valence-corrected chi connectivity index (χ2v) is 10.8. The Morgan fingerprint density at radius 3 is 2.74 bits per heavy atom. The van der Waals surface area contributed by atoms with Crippen LogP contribution in [0, 0.1) is 5.92 Å². The Hall–Kier alpha value is -1.06. The highest BCUT2D eigenvalue weighted by molar-refractivity contribution is 5.43. The van der Waals surface area contributed by atoms with Crippen molar-refractivity contribution in [2.24, 2.45) is 5.92 Å². The average molecular weight is 428 g/mol. The van der Waals surface area contributed by atoms with Crippen LogP contribution >= 0.6 is 0 Å². The van der Waals surface area contributed by atoms with E-state index in [4.69, 9.17) is 4.74 Å². The standard InChI is InChI=1S/C28H45NO2/c1-3-5-7-15-28-17-16-27(30,14-4-2)20-23(28)11-10-22-19-25(12-13-26(22)28)31-21-24-9-6-8-18-29-24/h12-13,19,23-24,29-30H,3-11,14-18,20-21H2,1-2H3/t23-,24?,27-,28-/m1/s1. The van der Waals surface area contributed by atoms with Crippen LogP contribution in [-0.2, 0) is 11.8 Å². The SMILES string of the molecule is CCCCC[C@@]12CC[C@](O)(CCC)C[C@H]1CCc1cc(OCC3CCCCN3)ccc12. The van der Waals surface area contributed by atoms with Crippen molar-refractivity contribution in [3.05, 3.63) is 29.3 Å². The molecule has 0 spiro atoms. The number of fused-ring (bicyclic) bond motifs is 3. The molecule has 0 radical (unpaired) electrons. The summed E-state index contributed by atoms with van der Waals surface area (Å²) in [6, 6.07) is 7.49. The number of rotatable bonds is 9. The van der Waals surface area contributed by atoms with Gasteiger partial charge in [-0.2, -0.15) is 0 Å². The maximum absolute atomic E-state index is 11.3. The van der Waals surface area contributed by atoms with Crippen molar-refractivity contribution < 1.29 is 9.84 Å². The Labute approximate surface area is 190 Å². The van der Waals surface area contributed by atoms with Crippen LogP contribution in [0.5, 0.6) is 5.75 Å². The van der Waals surface area contributed by atoms with E-state index >= 15 is 0 Å². The predicted octanol–water partition coefficient (Wildman–Crippen LogP) is 6.30. The van der Waals surface area contributed by atoms with Crippen molar-refractivity contribution >= 4 is 0 Å². The molecule has 1 aromatic rings. The fourth-order valence-electron chi connectivity index (χ4n) is 6.94. The van der Waals surface area contributed by atoms with Gasteiger partial charge in [-0.05, 0) is 98.9 Å². The Morgan fingerprint density at radius 1 is 1.06 bits per heavy atom. The summed E-state index contributed by atoms with van der Waals surface area (Å²) < 4.78 is 6.24. The van der Waals surface area contributed by atoms with Gasteiger partial charge in [-0.15, -0.1) is 0 Å². The summed E-state index contributed by atoms with van der Waals surface area (Å²) in [5.74, 6) is 1.67. The van der Waals surface area contributed by atoms with Crippen LogP contribution in [0.15, 0.2) is 18.2 Å². The van der Waals surface area contributed by atoms with Gasteiger partial charge < -0.3 is 15.2 Å². The molecule has 4 rings (SSSR count). The Kier molecular flexibility index (Phi) is 7.64. The van der Waals surface area contributed by atoms with E-state index in [1.54, 1.807) is 5.56 Å². The molecule has 2 aliphatic carbocycles. The van der Waals surface area contributed by atoms with E-state index in [2.05, 4.69) is 37.4 Å². The summed E-state index contributed by atoms with van der Waals surface area (Å²) in [7, 11) is 0. The molecule has 0 bridgehead atoms. The first-order valence-corrected chi connectivity index (χ1v) is 13.3. The number of unbranched alkanes of at least 4 members (excludes halogenated alkanes) is 2. The first-order chi connectivity index (χ1) is 15.1. The topological polar surface area (TPSA) is 41.5 Å². The van der Waals surface area contributed by atoms with Gasteiger partial charge in [0, 0.05) is 6.04 Å².